The Balaban J connectivity index is 0.828. The highest BCUT2D eigenvalue weighted by Gasteiger charge is 2.45. The fourth-order valence-corrected chi connectivity index (χ4v) is 12.0. The summed E-state index contributed by atoms with van der Waals surface area (Å²) in [7, 11) is 7.69. The van der Waals surface area contributed by atoms with Crippen molar-refractivity contribution in [2.45, 2.75) is 122 Å². The lowest BCUT2D eigenvalue weighted by Crippen LogP contribution is -2.58. The number of aliphatic hydroxyl groups is 1. The predicted molar refractivity (Wildman–Crippen MR) is 344 cm³/mol. The van der Waals surface area contributed by atoms with Crippen molar-refractivity contribution in [1.82, 2.24) is 30.7 Å². The first-order valence-electron chi connectivity index (χ1n) is 31.1. The molecule has 1 aromatic heterocycles. The molecule has 500 valence electrons. The van der Waals surface area contributed by atoms with Crippen LogP contribution in [0, 0.1) is 12.3 Å². The van der Waals surface area contributed by atoms with Crippen molar-refractivity contribution >= 4 is 46.8 Å². The van der Waals surface area contributed by atoms with Crippen LogP contribution in [0.1, 0.15) is 106 Å². The summed E-state index contributed by atoms with van der Waals surface area (Å²) >= 11 is 1.56. The SMILES string of the molecule is CC[C@H](C(=O)N1CCCC[C@H]1C(=O)O[C@H](CCc1ccc(OC)c(OC)c1)c1cccc(OCC(=O)NCCOCCOCCOCC(=O)N[C@H](C(=O)N2C[C@H](O)C[C@H]2C(=O)NCc2ccc(-c3scnc3C)cc2)C(C)(C)C)c1)c1cc(OC)c(OC)c(OC)c1. The quantitative estimate of drug-likeness (QED) is 0.0232. The van der Waals surface area contributed by atoms with E-state index in [4.69, 9.17) is 47.4 Å². The number of hydrogen-bond acceptors (Lipinski definition) is 19. The second-order valence-electron chi connectivity index (χ2n) is 23.5. The van der Waals surface area contributed by atoms with Crippen molar-refractivity contribution in [2.75, 3.05) is 101 Å². The zero-order chi connectivity index (χ0) is 66.3. The van der Waals surface area contributed by atoms with Crippen molar-refractivity contribution in [2.24, 2.45) is 5.41 Å². The fraction of sp³-hybridized carbons (Fsp3) is 0.515. The van der Waals surface area contributed by atoms with E-state index in [-0.39, 0.29) is 84.1 Å². The van der Waals surface area contributed by atoms with E-state index in [0.29, 0.717) is 77.9 Å². The number of benzene rings is 4. The van der Waals surface area contributed by atoms with Gasteiger partial charge in [-0.15, -0.1) is 11.3 Å². The van der Waals surface area contributed by atoms with E-state index in [9.17, 15) is 33.9 Å². The van der Waals surface area contributed by atoms with Crippen LogP contribution in [-0.4, -0.2) is 181 Å². The maximum Gasteiger partial charge on any atom is 0.329 e. The Labute approximate surface area is 543 Å². The highest BCUT2D eigenvalue weighted by Crippen LogP contribution is 2.42. The number of hydrogen-bond donors (Lipinski definition) is 4. The lowest BCUT2D eigenvalue weighted by Gasteiger charge is -2.37. The Morgan fingerprint density at radius 3 is 2.04 bits per heavy atom. The molecule has 5 amide bonds. The van der Waals surface area contributed by atoms with Gasteiger partial charge in [-0.1, -0.05) is 70.2 Å². The number of aryl methyl sites for hydroxylation is 2. The number of amides is 5. The average molecular weight is 1300 g/mol. The Hall–Kier alpha value is -8.03. The Morgan fingerprint density at radius 1 is 0.707 bits per heavy atom. The molecule has 0 bridgehead atoms. The summed E-state index contributed by atoms with van der Waals surface area (Å²) in [5, 5.41) is 19.1. The number of β-amino-alcohol motifs (C(OH)–C–C–N with tert-alkyl or cyclic N) is 1. The second-order valence-corrected chi connectivity index (χ2v) is 24.4. The average Bonchev–Trinajstić information content (AvgIpc) is 1.29. The molecule has 6 atom stereocenters. The minimum Gasteiger partial charge on any atom is -0.493 e. The van der Waals surface area contributed by atoms with Crippen molar-refractivity contribution in [3.63, 3.8) is 0 Å². The molecule has 4 N–H and O–H groups in total. The highest BCUT2D eigenvalue weighted by atomic mass is 32.1. The second kappa shape index (κ2) is 35.1. The van der Waals surface area contributed by atoms with Crippen molar-refractivity contribution in [3.05, 3.63) is 112 Å². The van der Waals surface area contributed by atoms with Crippen LogP contribution in [0.3, 0.4) is 0 Å². The molecule has 5 aromatic rings. The van der Waals surface area contributed by atoms with Gasteiger partial charge in [-0.2, -0.15) is 0 Å². The van der Waals surface area contributed by atoms with Gasteiger partial charge in [0.05, 0.1) is 96.7 Å². The van der Waals surface area contributed by atoms with Gasteiger partial charge in [0.25, 0.3) is 5.91 Å². The van der Waals surface area contributed by atoms with Crippen LogP contribution in [0.4, 0.5) is 0 Å². The number of rotatable bonds is 34. The zero-order valence-corrected chi connectivity index (χ0v) is 55.3. The van der Waals surface area contributed by atoms with E-state index >= 15 is 0 Å². The third-order valence-electron chi connectivity index (χ3n) is 16.1. The van der Waals surface area contributed by atoms with Crippen LogP contribution >= 0.6 is 11.3 Å². The van der Waals surface area contributed by atoms with Crippen LogP contribution in [-0.2, 0) is 60.7 Å². The summed E-state index contributed by atoms with van der Waals surface area (Å²) in [4.78, 5) is 91.1. The van der Waals surface area contributed by atoms with Crippen molar-refractivity contribution in [3.8, 4) is 44.9 Å². The predicted octanol–water partition coefficient (Wildman–Crippen LogP) is 7.31. The summed E-state index contributed by atoms with van der Waals surface area (Å²) in [6.45, 7) is 10.3. The van der Waals surface area contributed by atoms with Gasteiger partial charge in [-0.05, 0) is 115 Å². The molecule has 4 aromatic carbocycles. The number of ether oxygens (including phenoxy) is 10. The van der Waals surface area contributed by atoms with Crippen LogP contribution < -0.4 is 44.4 Å². The number of carbonyl (C=O) groups is 6. The molecule has 7 rings (SSSR count). The number of methoxy groups -OCH3 is 5. The van der Waals surface area contributed by atoms with E-state index in [1.807, 2.05) is 83.1 Å². The number of carbonyl (C=O) groups excluding carboxylic acids is 6. The molecule has 3 heterocycles. The largest absolute Gasteiger partial charge is 0.493 e. The van der Waals surface area contributed by atoms with Gasteiger partial charge in [0.2, 0.25) is 29.4 Å². The van der Waals surface area contributed by atoms with Crippen LogP contribution in [0.5, 0.6) is 34.5 Å². The number of esters is 1. The minimum absolute atomic E-state index is 0.0485. The highest BCUT2D eigenvalue weighted by molar-refractivity contribution is 7.13. The molecule has 2 aliphatic rings. The normalized spacial score (nSPS) is 16.6. The van der Waals surface area contributed by atoms with Crippen molar-refractivity contribution in [1.29, 1.82) is 0 Å². The van der Waals surface area contributed by atoms with Gasteiger partial charge < -0.3 is 78.2 Å². The first kappa shape index (κ1) is 71.4. The summed E-state index contributed by atoms with van der Waals surface area (Å²) < 4.78 is 56.9. The van der Waals surface area contributed by atoms with Gasteiger partial charge in [0.1, 0.15) is 36.6 Å². The van der Waals surface area contributed by atoms with Gasteiger partial charge in [0, 0.05) is 32.6 Å². The maximum atomic E-state index is 14.6. The van der Waals surface area contributed by atoms with Gasteiger partial charge in [-0.25, -0.2) is 9.78 Å². The maximum absolute atomic E-state index is 14.6. The van der Waals surface area contributed by atoms with Gasteiger partial charge >= 0.3 is 5.97 Å². The Kier molecular flexibility index (Phi) is 27.3. The molecule has 2 fully saturated rings. The van der Waals surface area contributed by atoms with Gasteiger partial charge in [-0.3, -0.25) is 24.0 Å². The number of nitrogens with one attached hydrogen (secondary N) is 3. The first-order chi connectivity index (χ1) is 44.3. The molecule has 0 spiro atoms. The lowest BCUT2D eigenvalue weighted by molar-refractivity contribution is -0.162. The van der Waals surface area contributed by atoms with Crippen LogP contribution in [0.2, 0.25) is 0 Å². The third-order valence-corrected chi connectivity index (χ3v) is 17.1. The summed E-state index contributed by atoms with van der Waals surface area (Å²) in [6, 6.07) is 21.3. The molecule has 2 saturated heterocycles. The van der Waals surface area contributed by atoms with E-state index in [0.717, 1.165) is 40.1 Å². The summed E-state index contributed by atoms with van der Waals surface area (Å²) in [5.74, 6) is -0.363. The van der Waals surface area contributed by atoms with E-state index in [2.05, 4.69) is 20.9 Å². The number of aliphatic hydroxyl groups excluding tert-OH is 1. The Morgan fingerprint density at radius 2 is 1.39 bits per heavy atom. The number of nitrogens with zero attached hydrogens (tertiary/aromatic N) is 3. The van der Waals surface area contributed by atoms with Crippen molar-refractivity contribution < 1.29 is 81.2 Å². The monoisotopic (exact) mass is 1290 g/mol. The molecule has 92 heavy (non-hydrogen) atoms. The molecule has 24 heteroatoms. The minimum atomic E-state index is -1.01. The smallest absolute Gasteiger partial charge is 0.329 e. The van der Waals surface area contributed by atoms with Crippen LogP contribution in [0.15, 0.2) is 84.4 Å². The number of aromatic nitrogens is 1. The lowest BCUT2D eigenvalue weighted by atomic mass is 9.85. The topological polar surface area (TPSA) is 270 Å². The number of piperidine rings is 1. The molecule has 23 nitrogen and oxygen atoms in total. The zero-order valence-electron chi connectivity index (χ0n) is 54.5. The molecular formula is C68H90N6O17S. The van der Waals surface area contributed by atoms with Crippen LogP contribution in [0.25, 0.3) is 10.4 Å². The molecular weight excluding hydrogens is 1200 g/mol. The fourth-order valence-electron chi connectivity index (χ4n) is 11.2. The molecule has 2 aliphatic heterocycles. The summed E-state index contributed by atoms with van der Waals surface area (Å²) in [6.07, 6.45) is 1.57. The number of likely N-dealkylation sites (tertiary alicyclic amines) is 2. The van der Waals surface area contributed by atoms with Gasteiger partial charge in [0.15, 0.2) is 29.6 Å². The third kappa shape index (κ3) is 19.7. The molecule has 0 unspecified atom stereocenters. The molecule has 0 aliphatic carbocycles. The van der Waals surface area contributed by atoms with E-state index < -0.39 is 65.4 Å². The molecule has 0 radical (unpaired) electrons. The standard InChI is InChI=1S/C68H90N6O17S/c1-11-51(48-35-57(84-8)61(86-10)58(36-48)85-9)65(79)73-27-13-12-17-52(73)67(81)91-54(24-20-44-21-25-55(82-6)56(33-44)83-7)47-15-14-16-50(34-47)90-41-59(76)69-26-28-87-29-30-88-31-32-89-40-60(77)72-63(68(3,4)5)66(80)74-39-49(75)37-53(74)64(78)70-38-45-18-22-46(23-19-45)62-43(2)71-42-92-62/h14-16,18-19,21-23,25,33-36,42,49,51-54,63,75H,11-13,17,20,24,26-32,37-41H2,1-10H3,(H,69,76)(H,70,78)(H,72,77)/t49-,51+,52+,53+,54-,63-/m1/s1. The summed E-state index contributed by atoms with van der Waals surface area (Å²) in [5.41, 5.74) is 6.13. The van der Waals surface area contributed by atoms with E-state index in [1.54, 1.807) is 66.3 Å². The van der Waals surface area contributed by atoms with E-state index in [1.165, 1.54) is 26.2 Å². The Bertz CT molecular complexity index is 3220. The molecule has 0 saturated carbocycles. The first-order valence-corrected chi connectivity index (χ1v) is 32.0. The number of thiazole rings is 1.